The minimum Gasteiger partial charge on any atom is -0.376 e. The second kappa shape index (κ2) is 6.19. The summed E-state index contributed by atoms with van der Waals surface area (Å²) in [5.74, 6) is -0.164. The summed E-state index contributed by atoms with van der Waals surface area (Å²) in [6.07, 6.45) is 3.42. The number of carbonyl (C=O) groups is 1. The second-order valence-corrected chi connectivity index (χ2v) is 5.20. The fourth-order valence-electron chi connectivity index (χ4n) is 2.56. The predicted molar refractivity (Wildman–Crippen MR) is 78.1 cm³/mol. The van der Waals surface area contributed by atoms with Crippen LogP contribution in [-0.2, 0) is 4.74 Å². The Morgan fingerprint density at radius 1 is 1.57 bits per heavy atom. The maximum atomic E-state index is 12.2. The quantitative estimate of drug-likeness (QED) is 0.851. The summed E-state index contributed by atoms with van der Waals surface area (Å²) < 4.78 is 5.49. The Labute approximate surface area is 122 Å². The molecule has 112 valence electrons. The lowest BCUT2D eigenvalue weighted by Crippen LogP contribution is -2.44. The van der Waals surface area contributed by atoms with Crippen LogP contribution in [-0.4, -0.2) is 64.6 Å². The summed E-state index contributed by atoms with van der Waals surface area (Å²) in [7, 11) is 0. The average Bonchev–Trinajstić information content (AvgIpc) is 2.95. The largest absolute Gasteiger partial charge is 0.376 e. The van der Waals surface area contributed by atoms with E-state index in [1.165, 1.54) is 6.33 Å². The first-order valence-corrected chi connectivity index (χ1v) is 7.14. The maximum Gasteiger partial charge on any atom is 0.270 e. The Hall–Kier alpha value is -1.99. The number of rotatable bonds is 4. The number of H-pyrrole nitrogens is 1. The fraction of sp³-hybridized carbons (Fsp3) is 0.500. The van der Waals surface area contributed by atoms with Gasteiger partial charge in [0.1, 0.15) is 17.7 Å². The van der Waals surface area contributed by atoms with Gasteiger partial charge in [-0.3, -0.25) is 9.69 Å². The van der Waals surface area contributed by atoms with Gasteiger partial charge in [-0.2, -0.15) is 0 Å². The van der Waals surface area contributed by atoms with Gasteiger partial charge in [0.05, 0.1) is 18.1 Å². The fourth-order valence-corrected chi connectivity index (χ4v) is 2.56. The Morgan fingerprint density at radius 3 is 3.33 bits per heavy atom. The van der Waals surface area contributed by atoms with E-state index in [4.69, 9.17) is 4.74 Å². The van der Waals surface area contributed by atoms with Gasteiger partial charge in [-0.25, -0.2) is 9.97 Å². The normalized spacial score (nSPS) is 19.8. The number of carbonyl (C=O) groups excluding carboxylic acids is 1. The van der Waals surface area contributed by atoms with Crippen molar-refractivity contribution in [3.63, 3.8) is 0 Å². The van der Waals surface area contributed by atoms with Crippen LogP contribution >= 0.6 is 0 Å². The average molecular weight is 289 g/mol. The SMILES string of the molecule is CC1CN(CCNC(=O)c2ncnc3[nH]ccc23)CCO1. The van der Waals surface area contributed by atoms with Crippen LogP contribution < -0.4 is 5.32 Å². The Balaban J connectivity index is 1.56. The molecule has 3 heterocycles. The summed E-state index contributed by atoms with van der Waals surface area (Å²) in [5.41, 5.74) is 1.09. The predicted octanol–water partition coefficient (Wildman–Crippen LogP) is 0.408. The molecule has 0 radical (unpaired) electrons. The molecule has 2 N–H and O–H groups in total. The van der Waals surface area contributed by atoms with Crippen molar-refractivity contribution < 1.29 is 9.53 Å². The van der Waals surface area contributed by atoms with Crippen LogP contribution in [0, 0.1) is 0 Å². The maximum absolute atomic E-state index is 12.2. The van der Waals surface area contributed by atoms with E-state index in [9.17, 15) is 4.79 Å². The van der Waals surface area contributed by atoms with Crippen molar-refractivity contribution in [3.05, 3.63) is 24.3 Å². The molecule has 21 heavy (non-hydrogen) atoms. The second-order valence-electron chi connectivity index (χ2n) is 5.20. The molecule has 0 aromatic carbocycles. The molecule has 1 amide bonds. The van der Waals surface area contributed by atoms with Gasteiger partial charge in [0.2, 0.25) is 0 Å². The standard InChI is InChI=1S/C14H19N5O2/c1-10-8-19(6-7-21-10)5-4-16-14(20)12-11-2-3-15-13(11)18-9-17-12/h2-3,9-10H,4-8H2,1H3,(H,16,20)(H,15,17,18). The van der Waals surface area contributed by atoms with Gasteiger partial charge in [-0.15, -0.1) is 0 Å². The third-order valence-electron chi connectivity index (χ3n) is 3.61. The van der Waals surface area contributed by atoms with Crippen LogP contribution in [0.2, 0.25) is 0 Å². The molecular weight excluding hydrogens is 270 g/mol. The zero-order valence-corrected chi connectivity index (χ0v) is 12.0. The first-order valence-electron chi connectivity index (χ1n) is 7.14. The van der Waals surface area contributed by atoms with Crippen LogP contribution in [0.4, 0.5) is 0 Å². The number of ether oxygens (including phenoxy) is 1. The zero-order chi connectivity index (χ0) is 14.7. The Morgan fingerprint density at radius 2 is 2.48 bits per heavy atom. The topological polar surface area (TPSA) is 83.1 Å². The van der Waals surface area contributed by atoms with Gasteiger partial charge in [-0.05, 0) is 13.0 Å². The molecule has 1 aliphatic heterocycles. The number of fused-ring (bicyclic) bond motifs is 1. The highest BCUT2D eigenvalue weighted by Gasteiger charge is 2.17. The molecule has 0 spiro atoms. The van der Waals surface area contributed by atoms with E-state index in [1.54, 1.807) is 6.20 Å². The van der Waals surface area contributed by atoms with E-state index in [-0.39, 0.29) is 12.0 Å². The first kappa shape index (κ1) is 14.0. The molecule has 1 aliphatic rings. The minimum absolute atomic E-state index is 0.164. The Bertz CT molecular complexity index is 627. The molecule has 2 aromatic heterocycles. The van der Waals surface area contributed by atoms with Crippen molar-refractivity contribution in [3.8, 4) is 0 Å². The van der Waals surface area contributed by atoms with Gasteiger partial charge >= 0.3 is 0 Å². The highest BCUT2D eigenvalue weighted by atomic mass is 16.5. The van der Waals surface area contributed by atoms with Gasteiger partial charge in [0.15, 0.2) is 0 Å². The van der Waals surface area contributed by atoms with E-state index in [2.05, 4.69) is 32.1 Å². The highest BCUT2D eigenvalue weighted by Crippen LogP contribution is 2.12. The third-order valence-corrected chi connectivity index (χ3v) is 3.61. The number of nitrogens with zero attached hydrogens (tertiary/aromatic N) is 3. The van der Waals surface area contributed by atoms with Crippen molar-refractivity contribution in [2.24, 2.45) is 0 Å². The minimum atomic E-state index is -0.164. The molecule has 0 bridgehead atoms. The number of hydrogen-bond donors (Lipinski definition) is 2. The molecule has 2 aromatic rings. The number of aromatic amines is 1. The molecule has 1 unspecified atom stereocenters. The van der Waals surface area contributed by atoms with Crippen molar-refractivity contribution >= 4 is 16.9 Å². The van der Waals surface area contributed by atoms with E-state index >= 15 is 0 Å². The number of aromatic nitrogens is 3. The van der Waals surface area contributed by atoms with Crippen molar-refractivity contribution in [1.82, 2.24) is 25.2 Å². The van der Waals surface area contributed by atoms with Gasteiger partial charge < -0.3 is 15.0 Å². The smallest absolute Gasteiger partial charge is 0.270 e. The van der Waals surface area contributed by atoms with Gasteiger partial charge in [0, 0.05) is 32.4 Å². The lowest BCUT2D eigenvalue weighted by molar-refractivity contribution is -0.0175. The van der Waals surface area contributed by atoms with Crippen molar-refractivity contribution in [1.29, 1.82) is 0 Å². The van der Waals surface area contributed by atoms with Gasteiger partial charge in [0.25, 0.3) is 5.91 Å². The summed E-state index contributed by atoms with van der Waals surface area (Å²) in [6.45, 7) is 6.06. The molecule has 3 rings (SSSR count). The first-order chi connectivity index (χ1) is 10.2. The number of morpholine rings is 1. The van der Waals surface area contributed by atoms with Crippen LogP contribution in [0.3, 0.4) is 0 Å². The van der Waals surface area contributed by atoms with E-state index in [0.717, 1.165) is 31.6 Å². The van der Waals surface area contributed by atoms with Crippen LogP contribution in [0.1, 0.15) is 17.4 Å². The van der Waals surface area contributed by atoms with Crippen LogP contribution in [0.25, 0.3) is 11.0 Å². The van der Waals surface area contributed by atoms with E-state index in [1.807, 2.05) is 6.07 Å². The summed E-state index contributed by atoms with van der Waals surface area (Å²) in [5, 5.41) is 3.66. The summed E-state index contributed by atoms with van der Waals surface area (Å²) in [6, 6.07) is 1.81. The lowest BCUT2D eigenvalue weighted by Gasteiger charge is -2.30. The van der Waals surface area contributed by atoms with E-state index in [0.29, 0.717) is 17.9 Å². The summed E-state index contributed by atoms with van der Waals surface area (Å²) in [4.78, 5) is 25.6. The number of amides is 1. The zero-order valence-electron chi connectivity index (χ0n) is 12.0. The van der Waals surface area contributed by atoms with Crippen LogP contribution in [0.15, 0.2) is 18.6 Å². The molecular formula is C14H19N5O2. The van der Waals surface area contributed by atoms with Gasteiger partial charge in [-0.1, -0.05) is 0 Å². The number of hydrogen-bond acceptors (Lipinski definition) is 5. The monoisotopic (exact) mass is 289 g/mol. The summed E-state index contributed by atoms with van der Waals surface area (Å²) >= 11 is 0. The molecule has 1 saturated heterocycles. The molecule has 0 saturated carbocycles. The molecule has 7 heteroatoms. The van der Waals surface area contributed by atoms with Crippen LogP contribution in [0.5, 0.6) is 0 Å². The Kier molecular flexibility index (Phi) is 4.12. The molecule has 1 atom stereocenters. The molecule has 0 aliphatic carbocycles. The number of nitrogens with one attached hydrogen (secondary N) is 2. The van der Waals surface area contributed by atoms with Crippen molar-refractivity contribution in [2.45, 2.75) is 13.0 Å². The van der Waals surface area contributed by atoms with E-state index < -0.39 is 0 Å². The molecule has 1 fully saturated rings. The third kappa shape index (κ3) is 3.20. The molecule has 7 nitrogen and oxygen atoms in total. The lowest BCUT2D eigenvalue weighted by atomic mass is 10.2. The van der Waals surface area contributed by atoms with Crippen molar-refractivity contribution in [2.75, 3.05) is 32.8 Å². The highest BCUT2D eigenvalue weighted by molar-refractivity contribution is 6.03.